The summed E-state index contributed by atoms with van der Waals surface area (Å²) in [7, 11) is 3.12. The van der Waals surface area contributed by atoms with E-state index in [1.54, 1.807) is 62.8 Å². The SMILES string of the molecule is COc1ccc(C(=O)C(O)c2ccc(OC)cc2)cc1.O=C(O)NC1CCCCC1. The minimum atomic E-state index is -1.19. The van der Waals surface area contributed by atoms with E-state index in [2.05, 4.69) is 5.32 Å². The van der Waals surface area contributed by atoms with Crippen LogP contribution in [-0.2, 0) is 0 Å². The average Bonchev–Trinajstić information content (AvgIpc) is 2.79. The van der Waals surface area contributed by atoms with Gasteiger partial charge >= 0.3 is 6.09 Å². The van der Waals surface area contributed by atoms with Crippen LogP contribution in [0.4, 0.5) is 4.79 Å². The van der Waals surface area contributed by atoms with Crippen LogP contribution in [0.1, 0.15) is 54.1 Å². The predicted octanol–water partition coefficient (Wildman–Crippen LogP) is 4.21. The third kappa shape index (κ3) is 7.08. The molecular weight excluding hydrogens is 386 g/mol. The lowest BCUT2D eigenvalue weighted by molar-refractivity contribution is 0.0747. The van der Waals surface area contributed by atoms with Gasteiger partial charge in [-0.15, -0.1) is 0 Å². The van der Waals surface area contributed by atoms with Gasteiger partial charge in [-0.2, -0.15) is 0 Å². The first-order valence-corrected chi connectivity index (χ1v) is 9.94. The number of benzene rings is 2. The van der Waals surface area contributed by atoms with E-state index in [9.17, 15) is 14.7 Å². The summed E-state index contributed by atoms with van der Waals surface area (Å²) in [5, 5.41) is 21.0. The highest BCUT2D eigenvalue weighted by Crippen LogP contribution is 2.22. The molecule has 0 aliphatic heterocycles. The molecule has 2 aromatic rings. The fourth-order valence-corrected chi connectivity index (χ4v) is 3.27. The number of hydrogen-bond donors (Lipinski definition) is 3. The topological polar surface area (TPSA) is 105 Å². The van der Waals surface area contributed by atoms with Crippen molar-refractivity contribution < 1.29 is 29.3 Å². The fourth-order valence-electron chi connectivity index (χ4n) is 3.27. The largest absolute Gasteiger partial charge is 0.497 e. The molecule has 0 aromatic heterocycles. The lowest BCUT2D eigenvalue weighted by atomic mass is 9.96. The molecule has 0 radical (unpaired) electrons. The van der Waals surface area contributed by atoms with Gasteiger partial charge in [0.15, 0.2) is 5.78 Å². The van der Waals surface area contributed by atoms with Gasteiger partial charge in [-0.1, -0.05) is 31.4 Å². The molecule has 0 saturated heterocycles. The lowest BCUT2D eigenvalue weighted by Gasteiger charge is -2.20. The fraction of sp³-hybridized carbons (Fsp3) is 0.391. The van der Waals surface area contributed by atoms with Crippen molar-refractivity contribution in [2.45, 2.75) is 44.2 Å². The number of nitrogens with one attached hydrogen (secondary N) is 1. The number of ketones is 1. The van der Waals surface area contributed by atoms with Crippen LogP contribution in [0.2, 0.25) is 0 Å². The Balaban J connectivity index is 0.000000269. The van der Waals surface area contributed by atoms with Crippen molar-refractivity contribution >= 4 is 11.9 Å². The Labute approximate surface area is 176 Å². The summed E-state index contributed by atoms with van der Waals surface area (Å²) in [4.78, 5) is 22.3. The number of methoxy groups -OCH3 is 2. The third-order valence-corrected chi connectivity index (χ3v) is 4.99. The Morgan fingerprint density at radius 2 is 1.40 bits per heavy atom. The third-order valence-electron chi connectivity index (χ3n) is 4.99. The van der Waals surface area contributed by atoms with Gasteiger partial charge in [0, 0.05) is 11.6 Å². The number of aliphatic hydroxyl groups is 1. The van der Waals surface area contributed by atoms with Gasteiger partial charge < -0.3 is 25.0 Å². The molecule has 0 bridgehead atoms. The van der Waals surface area contributed by atoms with Gasteiger partial charge in [-0.3, -0.25) is 4.79 Å². The molecule has 1 saturated carbocycles. The molecule has 1 fully saturated rings. The average molecular weight is 415 g/mol. The first-order valence-electron chi connectivity index (χ1n) is 9.94. The maximum absolute atomic E-state index is 12.2. The van der Waals surface area contributed by atoms with E-state index in [4.69, 9.17) is 14.6 Å². The normalized spacial score (nSPS) is 14.6. The molecular formula is C23H29NO6. The highest BCUT2D eigenvalue weighted by Gasteiger charge is 2.19. The second-order valence-electron chi connectivity index (χ2n) is 7.05. The molecule has 3 rings (SSSR count). The maximum Gasteiger partial charge on any atom is 0.404 e. The van der Waals surface area contributed by atoms with E-state index in [1.165, 1.54) is 19.3 Å². The zero-order valence-corrected chi connectivity index (χ0v) is 17.3. The first-order chi connectivity index (χ1) is 14.4. The summed E-state index contributed by atoms with van der Waals surface area (Å²) in [6, 6.07) is 13.6. The molecule has 1 amide bonds. The molecule has 7 heteroatoms. The minimum Gasteiger partial charge on any atom is -0.497 e. The van der Waals surface area contributed by atoms with Crippen LogP contribution in [0.3, 0.4) is 0 Å². The number of ether oxygens (including phenoxy) is 2. The number of amides is 1. The summed E-state index contributed by atoms with van der Waals surface area (Å²) >= 11 is 0. The van der Waals surface area contributed by atoms with Crippen molar-refractivity contribution in [1.29, 1.82) is 0 Å². The van der Waals surface area contributed by atoms with Crippen LogP contribution < -0.4 is 14.8 Å². The molecule has 2 aromatic carbocycles. The second-order valence-corrected chi connectivity index (χ2v) is 7.05. The van der Waals surface area contributed by atoms with E-state index in [1.807, 2.05) is 0 Å². The Morgan fingerprint density at radius 1 is 0.900 bits per heavy atom. The molecule has 0 spiro atoms. The maximum atomic E-state index is 12.2. The molecule has 0 heterocycles. The van der Waals surface area contributed by atoms with Crippen molar-refractivity contribution in [2.24, 2.45) is 0 Å². The lowest BCUT2D eigenvalue weighted by Crippen LogP contribution is -2.34. The van der Waals surface area contributed by atoms with Gasteiger partial charge in [-0.25, -0.2) is 4.79 Å². The standard InChI is InChI=1S/C16H16O4.C7H13NO2/c1-19-13-7-3-11(4-8-13)15(17)16(18)12-5-9-14(20-2)10-6-12;9-7(10)8-6-4-2-1-3-5-6/h3-10,15,17H,1-2H3;6,8H,1-5H2,(H,9,10). The second kappa shape index (κ2) is 11.8. The van der Waals surface area contributed by atoms with E-state index in [-0.39, 0.29) is 11.8 Å². The molecule has 1 aliphatic rings. The number of carboxylic acid groups (broad SMARTS) is 1. The van der Waals surface area contributed by atoms with Crippen molar-refractivity contribution in [3.05, 3.63) is 59.7 Å². The van der Waals surface area contributed by atoms with Crippen LogP contribution >= 0.6 is 0 Å². The number of Topliss-reactive ketones (excluding diaryl/α,β-unsaturated/α-hetero) is 1. The zero-order chi connectivity index (χ0) is 21.9. The number of rotatable bonds is 6. The summed E-state index contributed by atoms with van der Waals surface area (Å²) < 4.78 is 10.1. The predicted molar refractivity (Wildman–Crippen MR) is 113 cm³/mol. The van der Waals surface area contributed by atoms with Crippen LogP contribution in [0.5, 0.6) is 11.5 Å². The number of carbonyl (C=O) groups excluding carboxylic acids is 1. The van der Waals surface area contributed by atoms with Gasteiger partial charge in [0.1, 0.15) is 17.6 Å². The highest BCUT2D eigenvalue weighted by molar-refractivity contribution is 5.99. The van der Waals surface area contributed by atoms with Gasteiger partial charge in [0.05, 0.1) is 14.2 Å². The van der Waals surface area contributed by atoms with Crippen LogP contribution in [0.15, 0.2) is 48.5 Å². The van der Waals surface area contributed by atoms with E-state index < -0.39 is 12.2 Å². The summed E-state index contributed by atoms with van der Waals surface area (Å²) in [6.07, 6.45) is 3.58. The molecule has 7 nitrogen and oxygen atoms in total. The molecule has 1 aliphatic carbocycles. The van der Waals surface area contributed by atoms with Crippen LogP contribution in [0.25, 0.3) is 0 Å². The summed E-state index contributed by atoms with van der Waals surface area (Å²) in [6.45, 7) is 0. The van der Waals surface area contributed by atoms with E-state index in [0.29, 0.717) is 22.6 Å². The van der Waals surface area contributed by atoms with Crippen molar-refractivity contribution in [2.75, 3.05) is 14.2 Å². The zero-order valence-electron chi connectivity index (χ0n) is 17.3. The van der Waals surface area contributed by atoms with Crippen LogP contribution in [0, 0.1) is 0 Å². The van der Waals surface area contributed by atoms with E-state index in [0.717, 1.165) is 12.8 Å². The quantitative estimate of drug-likeness (QED) is 0.611. The van der Waals surface area contributed by atoms with Gasteiger partial charge in [0.25, 0.3) is 0 Å². The number of aliphatic hydroxyl groups excluding tert-OH is 1. The Bertz CT molecular complexity index is 797. The first kappa shape index (κ1) is 23.2. The van der Waals surface area contributed by atoms with Crippen molar-refractivity contribution in [1.82, 2.24) is 5.32 Å². The van der Waals surface area contributed by atoms with Gasteiger partial charge in [0.2, 0.25) is 0 Å². The van der Waals surface area contributed by atoms with Crippen molar-refractivity contribution in [3.63, 3.8) is 0 Å². The summed E-state index contributed by atoms with van der Waals surface area (Å²) in [5.74, 6) is 0.996. The smallest absolute Gasteiger partial charge is 0.404 e. The van der Waals surface area contributed by atoms with Crippen molar-refractivity contribution in [3.8, 4) is 11.5 Å². The number of hydrogen-bond acceptors (Lipinski definition) is 5. The van der Waals surface area contributed by atoms with Gasteiger partial charge in [-0.05, 0) is 54.8 Å². The Kier molecular flexibility index (Phi) is 9.15. The Morgan fingerprint density at radius 3 is 1.87 bits per heavy atom. The Hall–Kier alpha value is -3.06. The molecule has 1 unspecified atom stereocenters. The molecule has 1 atom stereocenters. The molecule has 30 heavy (non-hydrogen) atoms. The minimum absolute atomic E-state index is 0.228. The monoisotopic (exact) mass is 415 g/mol. The molecule has 162 valence electrons. The van der Waals surface area contributed by atoms with Crippen LogP contribution in [-0.4, -0.2) is 42.4 Å². The highest BCUT2D eigenvalue weighted by atomic mass is 16.5. The molecule has 3 N–H and O–H groups in total. The van der Waals surface area contributed by atoms with E-state index >= 15 is 0 Å². The summed E-state index contributed by atoms with van der Waals surface area (Å²) in [5.41, 5.74) is 0.973. The number of carbonyl (C=O) groups is 2.